The first-order chi connectivity index (χ1) is 10.3. The normalized spacial score (nSPS) is 9.61. The molecule has 23 heavy (non-hydrogen) atoms. The number of carbonyl (C=O) groups excluding carboxylic acids is 1. The minimum Gasteiger partial charge on any atom is -0.356 e. The lowest BCUT2D eigenvalue weighted by atomic mass is 10.2. The summed E-state index contributed by atoms with van der Waals surface area (Å²) in [6.45, 7) is 1.36. The van der Waals surface area contributed by atoms with Gasteiger partial charge in [0, 0.05) is 18.3 Å². The molecule has 7 heteroatoms. The van der Waals surface area contributed by atoms with Crippen LogP contribution in [0.2, 0.25) is 0 Å². The van der Waals surface area contributed by atoms with E-state index in [0.717, 1.165) is 30.0 Å². The highest BCUT2D eigenvalue weighted by molar-refractivity contribution is 7.09. The van der Waals surface area contributed by atoms with E-state index in [1.807, 2.05) is 23.6 Å². The van der Waals surface area contributed by atoms with Gasteiger partial charge in [0.25, 0.3) is 0 Å². The number of hydrogen-bond donors (Lipinski definition) is 2. The van der Waals surface area contributed by atoms with Crippen LogP contribution in [0.4, 0.5) is 0 Å². The molecule has 0 unspecified atom stereocenters. The van der Waals surface area contributed by atoms with Crippen molar-refractivity contribution in [2.24, 2.45) is 5.73 Å². The fourth-order valence-corrected chi connectivity index (χ4v) is 2.83. The predicted octanol–water partition coefficient (Wildman–Crippen LogP) is 2.98. The number of hydrogen-bond acceptors (Lipinski definition) is 4. The van der Waals surface area contributed by atoms with E-state index in [1.54, 1.807) is 11.3 Å². The van der Waals surface area contributed by atoms with Gasteiger partial charge in [0.2, 0.25) is 5.91 Å². The molecule has 0 spiro atoms. The molecule has 2 rings (SSSR count). The van der Waals surface area contributed by atoms with Crippen LogP contribution in [-0.2, 0) is 17.6 Å². The second-order valence-corrected chi connectivity index (χ2v) is 5.86. The largest absolute Gasteiger partial charge is 0.356 e. The van der Waals surface area contributed by atoms with Gasteiger partial charge in [0.15, 0.2) is 0 Å². The molecule has 0 saturated heterocycles. The molecule has 4 nitrogen and oxygen atoms in total. The molecule has 1 heterocycles. The highest BCUT2D eigenvalue weighted by atomic mass is 35.5. The summed E-state index contributed by atoms with van der Waals surface area (Å²) >= 11 is 1.61. The molecule has 0 aliphatic carbocycles. The van der Waals surface area contributed by atoms with Gasteiger partial charge in [-0.1, -0.05) is 30.3 Å². The molecule has 0 radical (unpaired) electrons. The Morgan fingerprint density at radius 1 is 1.17 bits per heavy atom. The number of nitrogens with two attached hydrogens (primary N) is 1. The lowest BCUT2D eigenvalue weighted by molar-refractivity contribution is -0.120. The van der Waals surface area contributed by atoms with Crippen molar-refractivity contribution < 1.29 is 4.79 Å². The van der Waals surface area contributed by atoms with Crippen molar-refractivity contribution in [1.82, 2.24) is 10.3 Å². The summed E-state index contributed by atoms with van der Waals surface area (Å²) in [6, 6.07) is 10.2. The molecule has 1 aromatic heterocycles. The second-order valence-electron chi connectivity index (χ2n) is 4.92. The van der Waals surface area contributed by atoms with Crippen molar-refractivity contribution >= 4 is 42.1 Å². The molecule has 2 aromatic rings. The summed E-state index contributed by atoms with van der Waals surface area (Å²) in [7, 11) is 0. The van der Waals surface area contributed by atoms with Crippen LogP contribution in [0.1, 0.15) is 29.1 Å². The van der Waals surface area contributed by atoms with E-state index in [-0.39, 0.29) is 30.7 Å². The summed E-state index contributed by atoms with van der Waals surface area (Å²) in [5.74, 6) is 0.0311. The van der Waals surface area contributed by atoms with Crippen LogP contribution in [0.15, 0.2) is 35.7 Å². The van der Waals surface area contributed by atoms with Crippen LogP contribution in [0.5, 0.6) is 0 Å². The Balaban J connectivity index is 0.00000242. The average molecular weight is 376 g/mol. The first kappa shape index (κ1) is 21.9. The topological polar surface area (TPSA) is 68.0 Å². The van der Waals surface area contributed by atoms with Crippen LogP contribution in [0, 0.1) is 0 Å². The number of amides is 1. The lowest BCUT2D eigenvalue weighted by Gasteiger charge is -2.02. The van der Waals surface area contributed by atoms with Gasteiger partial charge >= 0.3 is 0 Å². The maximum atomic E-state index is 11.8. The molecular formula is C16H23Cl2N3OS. The molecule has 1 aromatic carbocycles. The summed E-state index contributed by atoms with van der Waals surface area (Å²) in [4.78, 5) is 16.3. The zero-order chi connectivity index (χ0) is 14.9. The van der Waals surface area contributed by atoms with Crippen LogP contribution in [-0.4, -0.2) is 24.0 Å². The number of rotatable bonds is 8. The minimum absolute atomic E-state index is 0. The molecule has 0 aliphatic heterocycles. The van der Waals surface area contributed by atoms with Gasteiger partial charge in [0.1, 0.15) is 0 Å². The monoisotopic (exact) mass is 375 g/mol. The third-order valence-electron chi connectivity index (χ3n) is 3.09. The van der Waals surface area contributed by atoms with Gasteiger partial charge in [-0.3, -0.25) is 4.79 Å². The van der Waals surface area contributed by atoms with Gasteiger partial charge in [-0.15, -0.1) is 36.2 Å². The Bertz CT molecular complexity index is 563. The Hall–Kier alpha value is -1.14. The lowest BCUT2D eigenvalue weighted by Crippen LogP contribution is -2.26. The first-order valence-corrected chi connectivity index (χ1v) is 8.10. The maximum Gasteiger partial charge on any atom is 0.226 e. The summed E-state index contributed by atoms with van der Waals surface area (Å²) in [5, 5.41) is 5.91. The van der Waals surface area contributed by atoms with Gasteiger partial charge in [0.05, 0.1) is 17.1 Å². The number of aromatic nitrogens is 1. The summed E-state index contributed by atoms with van der Waals surface area (Å²) in [5.41, 5.74) is 7.50. The predicted molar refractivity (Wildman–Crippen MR) is 101 cm³/mol. The number of carbonyl (C=O) groups is 1. The van der Waals surface area contributed by atoms with E-state index in [4.69, 9.17) is 5.73 Å². The number of thiazole rings is 1. The Morgan fingerprint density at radius 2 is 1.91 bits per heavy atom. The molecular weight excluding hydrogens is 353 g/mol. The Kier molecular flexibility index (Phi) is 11.7. The van der Waals surface area contributed by atoms with E-state index >= 15 is 0 Å². The highest BCUT2D eigenvalue weighted by Gasteiger charge is 2.07. The molecule has 3 N–H and O–H groups in total. The van der Waals surface area contributed by atoms with Crippen molar-refractivity contribution in [1.29, 1.82) is 0 Å². The van der Waals surface area contributed by atoms with Gasteiger partial charge < -0.3 is 11.1 Å². The van der Waals surface area contributed by atoms with Crippen molar-refractivity contribution in [3.63, 3.8) is 0 Å². The number of nitrogens with zero attached hydrogens (tertiary/aromatic N) is 1. The average Bonchev–Trinajstić information content (AvgIpc) is 2.92. The summed E-state index contributed by atoms with van der Waals surface area (Å²) < 4.78 is 0. The molecule has 0 bridgehead atoms. The quantitative estimate of drug-likeness (QED) is 0.696. The smallest absolute Gasteiger partial charge is 0.226 e. The van der Waals surface area contributed by atoms with E-state index in [0.29, 0.717) is 19.5 Å². The van der Waals surface area contributed by atoms with Crippen LogP contribution in [0.3, 0.4) is 0 Å². The van der Waals surface area contributed by atoms with Crippen molar-refractivity contribution in [3.05, 3.63) is 52.0 Å². The number of benzene rings is 1. The highest BCUT2D eigenvalue weighted by Crippen LogP contribution is 2.15. The van der Waals surface area contributed by atoms with Crippen molar-refractivity contribution in [2.75, 3.05) is 13.1 Å². The van der Waals surface area contributed by atoms with Gasteiger partial charge in [-0.05, 0) is 24.9 Å². The van der Waals surface area contributed by atoms with Crippen molar-refractivity contribution in [3.8, 4) is 0 Å². The van der Waals surface area contributed by atoms with Crippen LogP contribution in [0.25, 0.3) is 0 Å². The minimum atomic E-state index is 0. The number of halogens is 2. The molecule has 0 aliphatic rings. The number of nitrogens with one attached hydrogen (secondary N) is 1. The van der Waals surface area contributed by atoms with E-state index in [9.17, 15) is 4.79 Å². The van der Waals surface area contributed by atoms with Gasteiger partial charge in [-0.2, -0.15) is 0 Å². The Morgan fingerprint density at radius 3 is 2.61 bits per heavy atom. The molecule has 128 valence electrons. The molecule has 0 saturated carbocycles. The molecule has 0 atom stereocenters. The van der Waals surface area contributed by atoms with E-state index in [1.165, 1.54) is 5.56 Å². The van der Waals surface area contributed by atoms with Crippen LogP contribution >= 0.6 is 36.2 Å². The zero-order valence-corrected chi connectivity index (χ0v) is 15.3. The third kappa shape index (κ3) is 8.32. The van der Waals surface area contributed by atoms with Crippen molar-refractivity contribution in [2.45, 2.75) is 25.7 Å². The van der Waals surface area contributed by atoms with Crippen LogP contribution < -0.4 is 11.1 Å². The third-order valence-corrected chi connectivity index (χ3v) is 3.99. The fourth-order valence-electron chi connectivity index (χ4n) is 2.01. The van der Waals surface area contributed by atoms with E-state index in [2.05, 4.69) is 22.4 Å². The second kappa shape index (κ2) is 12.3. The van der Waals surface area contributed by atoms with Gasteiger partial charge in [-0.25, -0.2) is 4.98 Å². The maximum absolute atomic E-state index is 11.8. The summed E-state index contributed by atoms with van der Waals surface area (Å²) in [6.07, 6.45) is 3.05. The fraction of sp³-hybridized carbons (Fsp3) is 0.375. The Labute approximate surface area is 153 Å². The number of unbranched alkanes of at least 4 members (excludes halogenated alkanes) is 1. The molecule has 1 amide bonds. The molecule has 0 fully saturated rings. The van der Waals surface area contributed by atoms with E-state index < -0.39 is 0 Å². The first-order valence-electron chi connectivity index (χ1n) is 7.22. The SMILES string of the molecule is Cl.Cl.NCCCCNC(=O)Cc1csc(Cc2ccccc2)n1. The standard InChI is InChI=1S/C16H21N3OS.2ClH/c17-8-4-5-9-18-15(20)11-14-12-21-16(19-14)10-13-6-2-1-3-7-13;;/h1-3,6-7,12H,4-5,8-11,17H2,(H,18,20);2*1H. The zero-order valence-electron chi connectivity index (χ0n) is 12.9.